The number of hydrogen-bond acceptors (Lipinski definition) is 9. The summed E-state index contributed by atoms with van der Waals surface area (Å²) in [6.45, 7) is 9.14. The molecule has 1 spiro atoms. The lowest BCUT2D eigenvalue weighted by Gasteiger charge is -2.45. The fourth-order valence-electron chi connectivity index (χ4n) is 9.15. The summed E-state index contributed by atoms with van der Waals surface area (Å²) >= 11 is 0. The Hall–Kier alpha value is -5.37. The number of allylic oxidation sites excluding steroid dienone is 1. The second-order valence-corrected chi connectivity index (χ2v) is 17.1. The van der Waals surface area contributed by atoms with Crippen LogP contribution in [-0.4, -0.2) is 115 Å². The molecular formula is C46H60N6O8. The molecule has 4 atom stereocenters. The minimum Gasteiger partial charge on any atom is -0.453 e. The van der Waals surface area contributed by atoms with Crippen molar-refractivity contribution in [2.75, 3.05) is 33.9 Å². The van der Waals surface area contributed by atoms with E-state index in [0.717, 1.165) is 40.8 Å². The van der Waals surface area contributed by atoms with E-state index in [2.05, 4.69) is 28.1 Å². The number of methoxy groups -OCH3 is 1. The molecule has 60 heavy (non-hydrogen) atoms. The van der Waals surface area contributed by atoms with Crippen LogP contribution < -0.4 is 16.0 Å². The monoisotopic (exact) mass is 824 g/mol. The van der Waals surface area contributed by atoms with Crippen molar-refractivity contribution in [3.05, 3.63) is 65.9 Å². The first kappa shape index (κ1) is 44.2. The molecule has 4 aliphatic heterocycles. The number of alkyl carbamates (subject to hydrolysis) is 1. The number of amides is 5. The largest absolute Gasteiger partial charge is 0.453 e. The van der Waals surface area contributed by atoms with Crippen LogP contribution in [-0.2, 0) is 23.9 Å². The van der Waals surface area contributed by atoms with Crippen molar-refractivity contribution >= 4 is 46.8 Å². The number of hydrogen-bond donors (Lipinski definition) is 3. The number of nitrogens with one attached hydrogen (secondary N) is 3. The number of likely N-dealkylation sites (tertiary alicyclic amines) is 2. The standard InChI is InChI=1S/C46H60N6O8/c1-28(2)40(50-45(58)59-6)42(55)51-23-7-8-36(51)35-26-34(27-48-35)32-11-9-30(10-12-32)31-13-15-33(16-14-31)38(53)17-18-39(54)37-19-20-46(21-24-60-25-22-46)52(37)43(56)41(29(3)4)49-44(57)47-5/h9-16,27-29,36-37,40-41H,7-8,17-26H2,1-6H3,(H,50,58)(H2,47,49,57)/t36-,37?,40-,41-/m0/s1. The van der Waals surface area contributed by atoms with E-state index in [1.165, 1.54) is 14.2 Å². The van der Waals surface area contributed by atoms with Crippen molar-refractivity contribution in [2.24, 2.45) is 16.8 Å². The molecule has 14 nitrogen and oxygen atoms in total. The summed E-state index contributed by atoms with van der Waals surface area (Å²) in [4.78, 5) is 87.6. The number of benzene rings is 2. The number of carbonyl (C=O) groups is 6. The van der Waals surface area contributed by atoms with E-state index in [9.17, 15) is 28.8 Å². The molecule has 0 aliphatic carbocycles. The molecule has 0 aromatic heterocycles. The predicted molar refractivity (Wildman–Crippen MR) is 228 cm³/mol. The molecule has 0 radical (unpaired) electrons. The minimum atomic E-state index is -0.800. The molecule has 14 heteroatoms. The lowest BCUT2D eigenvalue weighted by molar-refractivity contribution is -0.149. The van der Waals surface area contributed by atoms with E-state index in [4.69, 9.17) is 14.5 Å². The van der Waals surface area contributed by atoms with Crippen LogP contribution in [0.3, 0.4) is 0 Å². The summed E-state index contributed by atoms with van der Waals surface area (Å²) in [5.41, 5.74) is 4.96. The van der Waals surface area contributed by atoms with Crippen LogP contribution in [0.2, 0.25) is 0 Å². The number of aliphatic imine (C=N–C) groups is 1. The lowest BCUT2D eigenvalue weighted by Crippen LogP contribution is -2.62. The summed E-state index contributed by atoms with van der Waals surface area (Å²) in [7, 11) is 2.78. The van der Waals surface area contributed by atoms with Crippen molar-refractivity contribution < 1.29 is 38.2 Å². The van der Waals surface area contributed by atoms with Crippen LogP contribution in [0.15, 0.2) is 59.7 Å². The number of ether oxygens (including phenoxy) is 2. The zero-order chi connectivity index (χ0) is 43.1. The molecule has 2 aromatic carbocycles. The van der Waals surface area contributed by atoms with Crippen LogP contribution in [0.1, 0.15) is 101 Å². The predicted octanol–water partition coefficient (Wildman–Crippen LogP) is 5.94. The van der Waals surface area contributed by atoms with Crippen LogP contribution >= 0.6 is 0 Å². The van der Waals surface area contributed by atoms with Gasteiger partial charge in [-0.25, -0.2) is 9.59 Å². The van der Waals surface area contributed by atoms with Gasteiger partial charge in [-0.2, -0.15) is 0 Å². The van der Waals surface area contributed by atoms with Gasteiger partial charge >= 0.3 is 12.1 Å². The molecular weight excluding hydrogens is 765 g/mol. The summed E-state index contributed by atoms with van der Waals surface area (Å²) in [6.07, 6.45) is 6.03. The first-order valence-electron chi connectivity index (χ1n) is 21.3. The second kappa shape index (κ2) is 19.3. The molecule has 5 amide bonds. The Morgan fingerprint density at radius 3 is 2.05 bits per heavy atom. The number of carbonyl (C=O) groups excluding carboxylic acids is 6. The quantitative estimate of drug-likeness (QED) is 0.196. The number of rotatable bonds is 14. The Kier molecular flexibility index (Phi) is 14.2. The van der Waals surface area contributed by atoms with Crippen molar-refractivity contribution in [3.63, 3.8) is 0 Å². The van der Waals surface area contributed by atoms with E-state index >= 15 is 0 Å². The Balaban J connectivity index is 1.04. The highest BCUT2D eigenvalue weighted by Crippen LogP contribution is 2.43. The smallest absolute Gasteiger partial charge is 0.407 e. The number of ketones is 2. The molecule has 322 valence electrons. The maximum Gasteiger partial charge on any atom is 0.407 e. The van der Waals surface area contributed by atoms with Gasteiger partial charge in [0.2, 0.25) is 11.8 Å². The Morgan fingerprint density at radius 1 is 0.817 bits per heavy atom. The normalized spacial score (nSPS) is 20.7. The van der Waals surface area contributed by atoms with Gasteiger partial charge in [0.15, 0.2) is 11.6 Å². The average Bonchev–Trinajstić information content (AvgIpc) is 4.03. The Morgan fingerprint density at radius 2 is 1.43 bits per heavy atom. The summed E-state index contributed by atoms with van der Waals surface area (Å²) in [6, 6.07) is 12.8. The van der Waals surface area contributed by atoms with Gasteiger partial charge in [0, 0.05) is 69.1 Å². The van der Waals surface area contributed by atoms with Gasteiger partial charge < -0.3 is 35.2 Å². The number of urea groups is 1. The van der Waals surface area contributed by atoms with E-state index in [-0.39, 0.29) is 54.1 Å². The first-order chi connectivity index (χ1) is 28.8. The van der Waals surface area contributed by atoms with Crippen molar-refractivity contribution in [1.29, 1.82) is 0 Å². The molecule has 4 heterocycles. The van der Waals surface area contributed by atoms with Gasteiger partial charge in [-0.1, -0.05) is 76.2 Å². The highest BCUT2D eigenvalue weighted by molar-refractivity contribution is 6.04. The summed E-state index contributed by atoms with van der Waals surface area (Å²) < 4.78 is 10.4. The van der Waals surface area contributed by atoms with E-state index in [1.54, 1.807) is 17.0 Å². The van der Waals surface area contributed by atoms with Gasteiger partial charge in [-0.3, -0.25) is 24.2 Å². The molecule has 3 fully saturated rings. The maximum atomic E-state index is 14.2. The third kappa shape index (κ3) is 9.64. The Labute approximate surface area is 352 Å². The fraction of sp³-hybridized carbons (Fsp3) is 0.543. The van der Waals surface area contributed by atoms with E-state index in [0.29, 0.717) is 57.4 Å². The third-order valence-corrected chi connectivity index (χ3v) is 12.6. The lowest BCUT2D eigenvalue weighted by atomic mass is 9.86. The molecule has 2 aromatic rings. The van der Waals surface area contributed by atoms with E-state index in [1.807, 2.05) is 63.1 Å². The van der Waals surface area contributed by atoms with Crippen molar-refractivity contribution in [1.82, 2.24) is 25.8 Å². The highest BCUT2D eigenvalue weighted by Gasteiger charge is 2.53. The maximum absolute atomic E-state index is 14.2. The highest BCUT2D eigenvalue weighted by atomic mass is 16.5. The third-order valence-electron chi connectivity index (χ3n) is 12.6. The van der Waals surface area contributed by atoms with Crippen LogP contribution in [0.25, 0.3) is 16.7 Å². The Bertz CT molecular complexity index is 1990. The fourth-order valence-corrected chi connectivity index (χ4v) is 9.15. The zero-order valence-electron chi connectivity index (χ0n) is 35.8. The molecule has 0 saturated carbocycles. The van der Waals surface area contributed by atoms with Crippen LogP contribution in [0.4, 0.5) is 9.59 Å². The summed E-state index contributed by atoms with van der Waals surface area (Å²) in [5, 5.41) is 8.01. The second-order valence-electron chi connectivity index (χ2n) is 17.1. The minimum absolute atomic E-state index is 0.0136. The summed E-state index contributed by atoms with van der Waals surface area (Å²) in [5.74, 6) is -0.983. The first-order valence-corrected chi connectivity index (χ1v) is 21.3. The number of nitrogens with zero attached hydrogens (tertiary/aromatic N) is 3. The molecule has 6 rings (SSSR count). The van der Waals surface area contributed by atoms with Crippen molar-refractivity contribution in [3.8, 4) is 11.1 Å². The zero-order valence-corrected chi connectivity index (χ0v) is 35.8. The average molecular weight is 825 g/mol. The SMILES string of the molecule is CNC(=O)N[C@H](C(=O)N1C(C(=O)CCC(=O)c2ccc(-c3ccc(C4=CN=C([C@@H]5CCCN5C(=O)[C@@H](NC(=O)OC)C(C)C)C4)cc3)cc2)CCC12CCOCC2)C(C)C. The van der Waals surface area contributed by atoms with Gasteiger partial charge in [0.05, 0.1) is 19.2 Å². The van der Waals surface area contributed by atoms with E-state index < -0.39 is 35.8 Å². The van der Waals surface area contributed by atoms with Crippen LogP contribution in [0, 0.1) is 11.8 Å². The topological polar surface area (TPSA) is 176 Å². The van der Waals surface area contributed by atoms with Gasteiger partial charge in [0.25, 0.3) is 0 Å². The molecule has 3 saturated heterocycles. The van der Waals surface area contributed by atoms with Gasteiger partial charge in [-0.05, 0) is 72.6 Å². The molecule has 3 N–H and O–H groups in total. The molecule has 4 aliphatic rings. The molecule has 0 bridgehead atoms. The van der Waals surface area contributed by atoms with Gasteiger partial charge in [0.1, 0.15) is 12.1 Å². The molecule has 1 unspecified atom stereocenters. The number of Topliss-reactive ketones (excluding diaryl/α,β-unsaturated/α-hetero) is 2. The van der Waals surface area contributed by atoms with Crippen molar-refractivity contribution in [2.45, 2.75) is 115 Å². The van der Waals surface area contributed by atoms with Gasteiger partial charge in [-0.15, -0.1) is 0 Å². The van der Waals surface area contributed by atoms with Crippen LogP contribution in [0.5, 0.6) is 0 Å².